The molecule has 2 fully saturated rings. The van der Waals surface area contributed by atoms with Crippen LogP contribution in [0, 0.1) is 0 Å². The summed E-state index contributed by atoms with van der Waals surface area (Å²) in [6.45, 7) is 5.97. The highest BCUT2D eigenvalue weighted by molar-refractivity contribution is 5.78. The minimum absolute atomic E-state index is 0.245. The highest BCUT2D eigenvalue weighted by atomic mass is 16.5. The molecule has 2 heterocycles. The van der Waals surface area contributed by atoms with Crippen molar-refractivity contribution in [3.8, 4) is 0 Å². The van der Waals surface area contributed by atoms with Gasteiger partial charge in [-0.25, -0.2) is 0 Å². The first-order valence-corrected chi connectivity index (χ1v) is 5.91. The molecule has 5 nitrogen and oxygen atoms in total. The van der Waals surface area contributed by atoms with Gasteiger partial charge in [0.1, 0.15) is 0 Å². The lowest BCUT2D eigenvalue weighted by molar-refractivity contribution is -0.136. The van der Waals surface area contributed by atoms with E-state index in [-0.39, 0.29) is 5.91 Å². The third kappa shape index (κ3) is 2.72. The van der Waals surface area contributed by atoms with Crippen molar-refractivity contribution < 1.29 is 9.53 Å². The summed E-state index contributed by atoms with van der Waals surface area (Å²) in [6, 6.07) is 0.603. The molecule has 0 bridgehead atoms. The topological polar surface area (TPSA) is 36.0 Å². The zero-order chi connectivity index (χ0) is 11.5. The molecule has 0 aliphatic carbocycles. The van der Waals surface area contributed by atoms with Crippen molar-refractivity contribution in [2.45, 2.75) is 6.04 Å². The zero-order valence-corrected chi connectivity index (χ0v) is 10.2. The molecular weight excluding hydrogens is 206 g/mol. The molecule has 2 rings (SSSR count). The number of carbonyl (C=O) groups excluding carboxylic acids is 1. The Hall–Kier alpha value is -0.650. The van der Waals surface area contributed by atoms with Gasteiger partial charge in [0.25, 0.3) is 0 Å². The molecule has 92 valence electrons. The highest BCUT2D eigenvalue weighted by Crippen LogP contribution is 2.13. The molecule has 2 saturated heterocycles. The quantitative estimate of drug-likeness (QED) is 0.625. The SMILES string of the molecule is CN(C)CC(=O)N1CCN(C2COC2)CC1. The van der Waals surface area contributed by atoms with Crippen LogP contribution in [0.2, 0.25) is 0 Å². The van der Waals surface area contributed by atoms with Crippen LogP contribution in [0.1, 0.15) is 0 Å². The summed E-state index contributed by atoms with van der Waals surface area (Å²) >= 11 is 0. The van der Waals surface area contributed by atoms with Gasteiger partial charge in [0.2, 0.25) is 5.91 Å². The summed E-state index contributed by atoms with van der Waals surface area (Å²) in [6.07, 6.45) is 0. The van der Waals surface area contributed by atoms with E-state index in [1.165, 1.54) is 0 Å². The Morgan fingerprint density at radius 2 is 1.88 bits per heavy atom. The van der Waals surface area contributed by atoms with Crippen molar-refractivity contribution in [3.05, 3.63) is 0 Å². The number of piperazine rings is 1. The first-order chi connectivity index (χ1) is 7.66. The van der Waals surface area contributed by atoms with E-state index in [0.29, 0.717) is 12.6 Å². The monoisotopic (exact) mass is 227 g/mol. The minimum Gasteiger partial charge on any atom is -0.378 e. The summed E-state index contributed by atoms with van der Waals surface area (Å²) < 4.78 is 5.19. The van der Waals surface area contributed by atoms with Gasteiger partial charge in [-0.3, -0.25) is 9.69 Å². The maximum absolute atomic E-state index is 11.8. The van der Waals surface area contributed by atoms with Crippen molar-refractivity contribution in [2.75, 3.05) is 60.0 Å². The largest absolute Gasteiger partial charge is 0.378 e. The maximum Gasteiger partial charge on any atom is 0.236 e. The van der Waals surface area contributed by atoms with Gasteiger partial charge in [0.15, 0.2) is 0 Å². The molecule has 5 heteroatoms. The van der Waals surface area contributed by atoms with Gasteiger partial charge in [-0.1, -0.05) is 0 Å². The van der Waals surface area contributed by atoms with Crippen LogP contribution in [-0.2, 0) is 9.53 Å². The summed E-state index contributed by atoms with van der Waals surface area (Å²) in [5.74, 6) is 0.245. The molecule has 2 aliphatic rings. The summed E-state index contributed by atoms with van der Waals surface area (Å²) in [7, 11) is 3.86. The maximum atomic E-state index is 11.8. The molecule has 0 aromatic carbocycles. The smallest absolute Gasteiger partial charge is 0.236 e. The number of likely N-dealkylation sites (N-methyl/N-ethyl adjacent to an activating group) is 1. The van der Waals surface area contributed by atoms with Gasteiger partial charge in [-0.05, 0) is 14.1 Å². The van der Waals surface area contributed by atoms with Gasteiger partial charge in [-0.2, -0.15) is 0 Å². The fourth-order valence-corrected chi connectivity index (χ4v) is 2.14. The summed E-state index contributed by atoms with van der Waals surface area (Å²) in [5.41, 5.74) is 0. The molecule has 0 aromatic heterocycles. The molecule has 1 amide bonds. The average molecular weight is 227 g/mol. The Kier molecular flexibility index (Phi) is 3.78. The lowest BCUT2D eigenvalue weighted by Gasteiger charge is -2.42. The van der Waals surface area contributed by atoms with E-state index in [2.05, 4.69) is 4.90 Å². The Bertz CT molecular complexity index is 246. The molecule has 0 unspecified atom stereocenters. The van der Waals surface area contributed by atoms with Crippen LogP contribution in [0.4, 0.5) is 0 Å². The zero-order valence-electron chi connectivity index (χ0n) is 10.2. The molecule has 0 atom stereocenters. The molecule has 0 N–H and O–H groups in total. The number of amides is 1. The van der Waals surface area contributed by atoms with Gasteiger partial charge in [-0.15, -0.1) is 0 Å². The van der Waals surface area contributed by atoms with E-state index in [9.17, 15) is 4.79 Å². The van der Waals surface area contributed by atoms with Crippen LogP contribution in [0.25, 0.3) is 0 Å². The molecule has 2 aliphatic heterocycles. The molecule has 0 spiro atoms. The third-order valence-corrected chi connectivity index (χ3v) is 3.26. The molecule has 16 heavy (non-hydrogen) atoms. The van der Waals surface area contributed by atoms with Crippen LogP contribution >= 0.6 is 0 Å². The van der Waals surface area contributed by atoms with E-state index in [0.717, 1.165) is 39.4 Å². The first kappa shape index (κ1) is 11.8. The normalized spacial score (nSPS) is 23.6. The fourth-order valence-electron chi connectivity index (χ4n) is 2.14. The van der Waals surface area contributed by atoms with Crippen LogP contribution < -0.4 is 0 Å². The predicted octanol–water partition coefficient (Wildman–Crippen LogP) is -0.909. The van der Waals surface area contributed by atoms with E-state index in [1.54, 1.807) is 0 Å². The van der Waals surface area contributed by atoms with Gasteiger partial charge in [0, 0.05) is 26.2 Å². The second-order valence-corrected chi connectivity index (χ2v) is 4.85. The molecule has 0 aromatic rings. The summed E-state index contributed by atoms with van der Waals surface area (Å²) in [4.78, 5) is 18.1. The predicted molar refractivity (Wildman–Crippen MR) is 61.3 cm³/mol. The van der Waals surface area contributed by atoms with E-state index < -0.39 is 0 Å². The van der Waals surface area contributed by atoms with Gasteiger partial charge < -0.3 is 14.5 Å². The van der Waals surface area contributed by atoms with Gasteiger partial charge >= 0.3 is 0 Å². The standard InChI is InChI=1S/C11H21N3O2/c1-12(2)7-11(15)14-5-3-13(4-6-14)10-8-16-9-10/h10H,3-9H2,1-2H3. The van der Waals surface area contributed by atoms with Crippen LogP contribution in [-0.4, -0.2) is 86.7 Å². The molecular formula is C11H21N3O2. The second kappa shape index (κ2) is 5.12. The van der Waals surface area contributed by atoms with Crippen molar-refractivity contribution in [1.29, 1.82) is 0 Å². The van der Waals surface area contributed by atoms with Crippen LogP contribution in [0.5, 0.6) is 0 Å². The lowest BCUT2D eigenvalue weighted by Crippen LogP contribution is -2.58. The van der Waals surface area contributed by atoms with Crippen molar-refractivity contribution >= 4 is 5.91 Å². The van der Waals surface area contributed by atoms with Crippen molar-refractivity contribution in [2.24, 2.45) is 0 Å². The van der Waals surface area contributed by atoms with Crippen molar-refractivity contribution in [3.63, 3.8) is 0 Å². The van der Waals surface area contributed by atoms with Gasteiger partial charge in [0.05, 0.1) is 25.8 Å². The Balaban J connectivity index is 1.73. The number of hydrogen-bond donors (Lipinski definition) is 0. The molecule has 0 saturated carbocycles. The number of hydrogen-bond acceptors (Lipinski definition) is 4. The van der Waals surface area contributed by atoms with E-state index >= 15 is 0 Å². The average Bonchev–Trinajstić information content (AvgIpc) is 2.15. The van der Waals surface area contributed by atoms with Crippen LogP contribution in [0.3, 0.4) is 0 Å². The first-order valence-electron chi connectivity index (χ1n) is 5.91. The molecule has 0 radical (unpaired) electrons. The number of carbonyl (C=O) groups is 1. The van der Waals surface area contributed by atoms with Crippen LogP contribution in [0.15, 0.2) is 0 Å². The number of nitrogens with zero attached hydrogens (tertiary/aromatic N) is 3. The third-order valence-electron chi connectivity index (χ3n) is 3.26. The van der Waals surface area contributed by atoms with E-state index in [1.807, 2.05) is 23.9 Å². The Labute approximate surface area is 96.9 Å². The Morgan fingerprint density at radius 1 is 1.25 bits per heavy atom. The minimum atomic E-state index is 0.245. The number of rotatable bonds is 3. The second-order valence-electron chi connectivity index (χ2n) is 4.85. The summed E-state index contributed by atoms with van der Waals surface area (Å²) in [5, 5.41) is 0. The lowest BCUT2D eigenvalue weighted by atomic mass is 10.2. The Morgan fingerprint density at radius 3 is 2.31 bits per heavy atom. The number of ether oxygens (including phenoxy) is 1. The van der Waals surface area contributed by atoms with E-state index in [4.69, 9.17) is 4.74 Å². The van der Waals surface area contributed by atoms with Crippen molar-refractivity contribution in [1.82, 2.24) is 14.7 Å². The fraction of sp³-hybridized carbons (Fsp3) is 0.909. The highest BCUT2D eigenvalue weighted by Gasteiger charge is 2.29.